The third-order valence-corrected chi connectivity index (χ3v) is 6.32. The third-order valence-electron chi connectivity index (χ3n) is 6.32. The number of hydrogen-bond donors (Lipinski definition) is 1. The summed E-state index contributed by atoms with van der Waals surface area (Å²) < 4.78 is 9.22. The molecule has 1 saturated carbocycles. The van der Waals surface area contributed by atoms with Crippen molar-refractivity contribution in [3.05, 3.63) is 48.4 Å². The summed E-state index contributed by atoms with van der Waals surface area (Å²) in [5.74, 6) is 0.962. The molecule has 31 heavy (non-hydrogen) atoms. The zero-order chi connectivity index (χ0) is 21.5. The lowest BCUT2D eigenvalue weighted by molar-refractivity contribution is 0.0997. The minimum atomic E-state index is -0.503. The first-order valence-electron chi connectivity index (χ1n) is 10.4. The van der Waals surface area contributed by atoms with E-state index in [1.54, 1.807) is 18.3 Å². The fraction of sp³-hybridized carbons (Fsp3) is 0.364. The Labute approximate surface area is 179 Å². The number of primary amides is 1. The van der Waals surface area contributed by atoms with Gasteiger partial charge in [-0.15, -0.1) is 0 Å². The Morgan fingerprint density at radius 3 is 2.81 bits per heavy atom. The van der Waals surface area contributed by atoms with Crippen molar-refractivity contribution >= 4 is 28.3 Å². The molecule has 1 aliphatic carbocycles. The first kappa shape index (κ1) is 19.3. The van der Waals surface area contributed by atoms with Crippen LogP contribution in [0.3, 0.4) is 0 Å². The SMILES string of the molecule is COc1cc2nn(C3CCC(N(C)c4cnc5cccnn45)CC3)cc2cc1C(N)=O. The maximum atomic E-state index is 11.7. The molecule has 0 saturated heterocycles. The molecule has 1 amide bonds. The van der Waals surface area contributed by atoms with Gasteiger partial charge in [-0.25, -0.2) is 4.98 Å². The Hall–Kier alpha value is -3.62. The van der Waals surface area contributed by atoms with Crippen LogP contribution in [0.15, 0.2) is 42.9 Å². The highest BCUT2D eigenvalue weighted by Crippen LogP contribution is 2.34. The lowest BCUT2D eigenvalue weighted by Gasteiger charge is -2.35. The first-order chi connectivity index (χ1) is 15.0. The van der Waals surface area contributed by atoms with E-state index in [4.69, 9.17) is 15.6 Å². The van der Waals surface area contributed by atoms with Gasteiger partial charge in [0.15, 0.2) is 11.5 Å². The second-order valence-electron chi connectivity index (χ2n) is 8.07. The Kier molecular flexibility index (Phi) is 4.72. The summed E-state index contributed by atoms with van der Waals surface area (Å²) in [6.07, 6.45) is 9.81. The lowest BCUT2D eigenvalue weighted by Crippen LogP contribution is -2.36. The standard InChI is InChI=1S/C22H25N7O2/c1-27(21-12-24-20-4-3-9-25-29(20)21)15-5-7-16(8-6-15)28-13-14-10-17(22(23)30)19(31-2)11-18(14)26-28/h3-4,9-13,15-16H,5-8H2,1-2H3,(H2,23,30). The first-order valence-corrected chi connectivity index (χ1v) is 10.4. The number of fused-ring (bicyclic) bond motifs is 2. The number of benzene rings is 1. The average Bonchev–Trinajstić information content (AvgIpc) is 3.41. The Morgan fingerprint density at radius 1 is 1.26 bits per heavy atom. The van der Waals surface area contributed by atoms with Crippen molar-refractivity contribution in [2.24, 2.45) is 5.73 Å². The number of aromatic nitrogens is 5. The summed E-state index contributed by atoms with van der Waals surface area (Å²) >= 11 is 0. The van der Waals surface area contributed by atoms with Crippen molar-refractivity contribution in [2.75, 3.05) is 19.1 Å². The van der Waals surface area contributed by atoms with Crippen molar-refractivity contribution in [1.29, 1.82) is 0 Å². The molecule has 0 atom stereocenters. The van der Waals surface area contributed by atoms with Gasteiger partial charge in [0.25, 0.3) is 5.91 Å². The molecule has 0 radical (unpaired) electrons. The van der Waals surface area contributed by atoms with Gasteiger partial charge >= 0.3 is 0 Å². The number of rotatable bonds is 5. The number of anilines is 1. The molecule has 3 heterocycles. The number of imidazole rings is 1. The molecule has 1 fully saturated rings. The van der Waals surface area contributed by atoms with Crippen molar-refractivity contribution in [3.63, 3.8) is 0 Å². The topological polar surface area (TPSA) is 104 Å². The molecular formula is C22H25N7O2. The van der Waals surface area contributed by atoms with Crippen LogP contribution >= 0.6 is 0 Å². The smallest absolute Gasteiger partial charge is 0.252 e. The van der Waals surface area contributed by atoms with Crippen LogP contribution < -0.4 is 15.4 Å². The summed E-state index contributed by atoms with van der Waals surface area (Å²) in [4.78, 5) is 18.5. The van der Waals surface area contributed by atoms with Gasteiger partial charge in [-0.2, -0.15) is 14.7 Å². The molecule has 9 nitrogen and oxygen atoms in total. The summed E-state index contributed by atoms with van der Waals surface area (Å²) in [7, 11) is 3.64. The molecule has 9 heteroatoms. The number of ether oxygens (including phenoxy) is 1. The Balaban J connectivity index is 1.33. The van der Waals surface area contributed by atoms with Crippen LogP contribution in [0.1, 0.15) is 42.1 Å². The van der Waals surface area contributed by atoms with Crippen LogP contribution in [0.25, 0.3) is 16.6 Å². The number of nitrogens with two attached hydrogens (primary N) is 1. The van der Waals surface area contributed by atoms with Crippen molar-refractivity contribution < 1.29 is 9.53 Å². The second kappa shape index (κ2) is 7.57. The molecule has 160 valence electrons. The molecule has 0 unspecified atom stereocenters. The molecule has 4 aromatic rings. The molecule has 0 spiro atoms. The minimum absolute atomic E-state index is 0.320. The van der Waals surface area contributed by atoms with E-state index in [1.165, 1.54) is 7.11 Å². The van der Waals surface area contributed by atoms with E-state index in [0.717, 1.165) is 48.1 Å². The van der Waals surface area contributed by atoms with Gasteiger partial charge in [-0.1, -0.05) is 0 Å². The number of nitrogens with zero attached hydrogens (tertiary/aromatic N) is 6. The van der Waals surface area contributed by atoms with E-state index >= 15 is 0 Å². The van der Waals surface area contributed by atoms with Crippen LogP contribution in [-0.2, 0) is 0 Å². The molecule has 0 bridgehead atoms. The Morgan fingerprint density at radius 2 is 2.06 bits per heavy atom. The zero-order valence-corrected chi connectivity index (χ0v) is 17.6. The highest BCUT2D eigenvalue weighted by molar-refractivity contribution is 6.00. The van der Waals surface area contributed by atoms with Crippen LogP contribution in [-0.4, -0.2) is 50.5 Å². The predicted molar refractivity (Wildman–Crippen MR) is 117 cm³/mol. The van der Waals surface area contributed by atoms with Crippen molar-refractivity contribution in [1.82, 2.24) is 24.4 Å². The van der Waals surface area contributed by atoms with Gasteiger partial charge in [-0.3, -0.25) is 9.48 Å². The summed E-state index contributed by atoms with van der Waals surface area (Å²) in [5.41, 5.74) is 7.52. The number of carbonyl (C=O) groups excluding carboxylic acids is 1. The highest BCUT2D eigenvalue weighted by Gasteiger charge is 2.27. The van der Waals surface area contributed by atoms with Crippen LogP contribution in [0.5, 0.6) is 5.75 Å². The molecule has 1 aliphatic rings. The normalized spacial score (nSPS) is 19.0. The van der Waals surface area contributed by atoms with E-state index in [0.29, 0.717) is 23.4 Å². The molecule has 0 aliphatic heterocycles. The quantitative estimate of drug-likeness (QED) is 0.533. The maximum Gasteiger partial charge on any atom is 0.252 e. The monoisotopic (exact) mass is 419 g/mol. The summed E-state index contributed by atoms with van der Waals surface area (Å²) in [6, 6.07) is 8.14. The lowest BCUT2D eigenvalue weighted by atomic mass is 9.90. The number of amides is 1. The van der Waals surface area contributed by atoms with Crippen molar-refractivity contribution in [3.8, 4) is 5.75 Å². The van der Waals surface area contributed by atoms with Gasteiger partial charge in [-0.05, 0) is 43.9 Å². The Bertz CT molecular complexity index is 1250. The number of carbonyl (C=O) groups is 1. The molecule has 5 rings (SSSR count). The van der Waals surface area contributed by atoms with Gasteiger partial charge in [0.2, 0.25) is 0 Å². The number of methoxy groups -OCH3 is 1. The molecule has 2 N–H and O–H groups in total. The fourth-order valence-electron chi connectivity index (χ4n) is 4.57. The molecule has 1 aromatic carbocycles. The van der Waals surface area contributed by atoms with Crippen LogP contribution in [0, 0.1) is 0 Å². The third kappa shape index (κ3) is 3.35. The van der Waals surface area contributed by atoms with E-state index in [2.05, 4.69) is 22.0 Å². The second-order valence-corrected chi connectivity index (χ2v) is 8.07. The zero-order valence-electron chi connectivity index (χ0n) is 17.6. The van der Waals surface area contributed by atoms with E-state index in [1.807, 2.05) is 33.7 Å². The summed E-state index contributed by atoms with van der Waals surface area (Å²) in [6.45, 7) is 0. The van der Waals surface area contributed by atoms with Crippen LogP contribution in [0.2, 0.25) is 0 Å². The van der Waals surface area contributed by atoms with E-state index in [-0.39, 0.29) is 0 Å². The fourth-order valence-corrected chi connectivity index (χ4v) is 4.57. The maximum absolute atomic E-state index is 11.7. The van der Waals surface area contributed by atoms with Gasteiger partial charge in [0, 0.05) is 36.9 Å². The van der Waals surface area contributed by atoms with Gasteiger partial charge in [0.05, 0.1) is 30.4 Å². The number of hydrogen-bond acceptors (Lipinski definition) is 6. The minimum Gasteiger partial charge on any atom is -0.496 e. The molecule has 3 aromatic heterocycles. The largest absolute Gasteiger partial charge is 0.496 e. The van der Waals surface area contributed by atoms with E-state index in [9.17, 15) is 4.79 Å². The van der Waals surface area contributed by atoms with E-state index < -0.39 is 5.91 Å². The van der Waals surface area contributed by atoms with Gasteiger partial charge in [0.1, 0.15) is 5.75 Å². The predicted octanol–water partition coefficient (Wildman–Crippen LogP) is 2.81. The van der Waals surface area contributed by atoms with Gasteiger partial charge < -0.3 is 15.4 Å². The summed E-state index contributed by atoms with van der Waals surface area (Å²) in [5, 5.41) is 10.1. The van der Waals surface area contributed by atoms with Crippen LogP contribution in [0.4, 0.5) is 5.82 Å². The average molecular weight is 419 g/mol. The highest BCUT2D eigenvalue weighted by atomic mass is 16.5. The van der Waals surface area contributed by atoms with Crippen molar-refractivity contribution in [2.45, 2.75) is 37.8 Å². The molecular weight excluding hydrogens is 394 g/mol.